The third-order valence-corrected chi connectivity index (χ3v) is 5.31. The number of nitriles is 1. The van der Waals surface area contributed by atoms with E-state index in [1.165, 1.54) is 0 Å². The summed E-state index contributed by atoms with van der Waals surface area (Å²) in [6, 6.07) is 12.3. The second kappa shape index (κ2) is 8.36. The molecular weight excluding hydrogens is 396 g/mol. The molecule has 1 aliphatic rings. The Bertz CT molecular complexity index is 1180. The predicted molar refractivity (Wildman–Crippen MR) is 116 cm³/mol. The van der Waals surface area contributed by atoms with Crippen LogP contribution in [0.4, 0.5) is 11.8 Å². The van der Waals surface area contributed by atoms with Crippen molar-refractivity contribution in [1.82, 2.24) is 14.9 Å². The van der Waals surface area contributed by atoms with Crippen LogP contribution >= 0.6 is 0 Å². The van der Waals surface area contributed by atoms with Crippen molar-refractivity contribution in [3.63, 3.8) is 0 Å². The van der Waals surface area contributed by atoms with E-state index in [2.05, 4.69) is 16.0 Å². The van der Waals surface area contributed by atoms with E-state index in [-0.39, 0.29) is 5.91 Å². The fourth-order valence-corrected chi connectivity index (χ4v) is 3.62. The molecule has 9 nitrogen and oxygen atoms in total. The van der Waals surface area contributed by atoms with Gasteiger partial charge in [0.25, 0.3) is 5.91 Å². The van der Waals surface area contributed by atoms with Crippen molar-refractivity contribution in [2.75, 3.05) is 51.0 Å². The molecule has 1 aliphatic heterocycles. The molecule has 1 amide bonds. The highest BCUT2D eigenvalue weighted by Crippen LogP contribution is 2.34. The van der Waals surface area contributed by atoms with Crippen LogP contribution in [0.2, 0.25) is 0 Å². The molecule has 9 heteroatoms. The number of nitrogens with two attached hydrogens (primary N) is 1. The van der Waals surface area contributed by atoms with Gasteiger partial charge in [0.2, 0.25) is 5.95 Å². The lowest BCUT2D eigenvalue weighted by atomic mass is 10.1. The van der Waals surface area contributed by atoms with Gasteiger partial charge in [-0.2, -0.15) is 10.2 Å². The van der Waals surface area contributed by atoms with Crippen molar-refractivity contribution >= 4 is 28.6 Å². The van der Waals surface area contributed by atoms with E-state index in [9.17, 15) is 4.79 Å². The third-order valence-electron chi connectivity index (χ3n) is 5.31. The number of rotatable bonds is 4. The minimum Gasteiger partial charge on any atom is -0.493 e. The van der Waals surface area contributed by atoms with E-state index in [4.69, 9.17) is 20.5 Å². The molecule has 0 radical (unpaired) electrons. The van der Waals surface area contributed by atoms with Crippen LogP contribution in [0.3, 0.4) is 0 Å². The van der Waals surface area contributed by atoms with Gasteiger partial charge in [-0.15, -0.1) is 0 Å². The van der Waals surface area contributed by atoms with Crippen LogP contribution in [0.5, 0.6) is 11.5 Å². The average Bonchev–Trinajstić information content (AvgIpc) is 2.82. The number of benzene rings is 2. The molecule has 158 valence electrons. The molecule has 0 unspecified atom stereocenters. The monoisotopic (exact) mass is 418 g/mol. The Morgan fingerprint density at radius 3 is 2.45 bits per heavy atom. The molecule has 2 N–H and O–H groups in total. The number of nitrogen functional groups attached to an aromatic ring is 1. The second-order valence-electron chi connectivity index (χ2n) is 7.11. The summed E-state index contributed by atoms with van der Waals surface area (Å²) in [6.07, 6.45) is 0. The summed E-state index contributed by atoms with van der Waals surface area (Å²) in [7, 11) is 3.13. The van der Waals surface area contributed by atoms with Gasteiger partial charge in [-0.3, -0.25) is 4.79 Å². The normalized spacial score (nSPS) is 13.7. The zero-order chi connectivity index (χ0) is 22.0. The molecule has 1 saturated heterocycles. The third kappa shape index (κ3) is 3.88. The van der Waals surface area contributed by atoms with Crippen molar-refractivity contribution in [1.29, 1.82) is 5.26 Å². The first-order valence-electron chi connectivity index (χ1n) is 9.77. The number of piperazine rings is 1. The Kier molecular flexibility index (Phi) is 5.45. The first-order valence-corrected chi connectivity index (χ1v) is 9.77. The number of anilines is 2. The van der Waals surface area contributed by atoms with Crippen LogP contribution in [0.25, 0.3) is 10.9 Å². The number of carbonyl (C=O) groups excluding carboxylic acids is 1. The van der Waals surface area contributed by atoms with E-state index in [1.54, 1.807) is 55.5 Å². The number of amides is 1. The number of hydrogen-bond donors (Lipinski definition) is 1. The fourth-order valence-electron chi connectivity index (χ4n) is 3.62. The maximum atomic E-state index is 12.8. The lowest BCUT2D eigenvalue weighted by molar-refractivity contribution is 0.0746. The van der Waals surface area contributed by atoms with Gasteiger partial charge < -0.3 is 25.0 Å². The fraction of sp³-hybridized carbons (Fsp3) is 0.273. The zero-order valence-corrected chi connectivity index (χ0v) is 17.3. The second-order valence-corrected chi connectivity index (χ2v) is 7.11. The van der Waals surface area contributed by atoms with Crippen LogP contribution in [0.1, 0.15) is 15.9 Å². The first-order chi connectivity index (χ1) is 15.0. The van der Waals surface area contributed by atoms with E-state index < -0.39 is 0 Å². The maximum Gasteiger partial charge on any atom is 0.254 e. The SMILES string of the molecule is COc1cc2nc(N3CCN(C(=O)c4cccc(C#N)c4)CC3)nc(N)c2cc1OC. The van der Waals surface area contributed by atoms with Crippen LogP contribution in [0.15, 0.2) is 36.4 Å². The van der Waals surface area contributed by atoms with E-state index in [0.717, 1.165) is 0 Å². The molecule has 4 rings (SSSR count). The molecule has 0 atom stereocenters. The molecule has 2 heterocycles. The number of nitrogens with zero attached hydrogens (tertiary/aromatic N) is 5. The Hall–Kier alpha value is -4.06. The van der Waals surface area contributed by atoms with Crippen molar-refractivity contribution < 1.29 is 14.3 Å². The summed E-state index contributed by atoms with van der Waals surface area (Å²) in [5.74, 6) is 1.90. The molecule has 1 aromatic heterocycles. The largest absolute Gasteiger partial charge is 0.493 e. The van der Waals surface area contributed by atoms with Gasteiger partial charge in [-0.1, -0.05) is 6.07 Å². The van der Waals surface area contributed by atoms with Crippen molar-refractivity contribution in [3.8, 4) is 17.6 Å². The quantitative estimate of drug-likeness (QED) is 0.684. The first kappa shape index (κ1) is 20.2. The minimum absolute atomic E-state index is 0.0903. The lowest BCUT2D eigenvalue weighted by Crippen LogP contribution is -2.49. The smallest absolute Gasteiger partial charge is 0.254 e. The van der Waals surface area contributed by atoms with Gasteiger partial charge in [0, 0.05) is 43.2 Å². The van der Waals surface area contributed by atoms with Gasteiger partial charge in [-0.25, -0.2) is 4.98 Å². The number of fused-ring (bicyclic) bond motifs is 1. The van der Waals surface area contributed by atoms with Crippen LogP contribution in [-0.2, 0) is 0 Å². The van der Waals surface area contributed by atoms with E-state index in [1.807, 2.05) is 4.90 Å². The summed E-state index contributed by atoms with van der Waals surface area (Å²) < 4.78 is 10.7. The zero-order valence-electron chi connectivity index (χ0n) is 17.3. The summed E-state index contributed by atoms with van der Waals surface area (Å²) in [6.45, 7) is 2.18. The Balaban J connectivity index is 1.53. The molecule has 0 saturated carbocycles. The number of aromatic nitrogens is 2. The molecule has 0 bridgehead atoms. The molecule has 3 aromatic rings. The summed E-state index contributed by atoms with van der Waals surface area (Å²) in [4.78, 5) is 25.7. The highest BCUT2D eigenvalue weighted by atomic mass is 16.5. The molecule has 0 spiro atoms. The Labute approximate surface area is 179 Å². The van der Waals surface area contributed by atoms with Gasteiger partial charge >= 0.3 is 0 Å². The van der Waals surface area contributed by atoms with Crippen molar-refractivity contribution in [2.45, 2.75) is 0 Å². The number of hydrogen-bond acceptors (Lipinski definition) is 8. The van der Waals surface area contributed by atoms with Gasteiger partial charge in [-0.05, 0) is 24.3 Å². The summed E-state index contributed by atoms with van der Waals surface area (Å²) >= 11 is 0. The average molecular weight is 418 g/mol. The van der Waals surface area contributed by atoms with E-state index in [0.29, 0.717) is 71.5 Å². The lowest BCUT2D eigenvalue weighted by Gasteiger charge is -2.35. The van der Waals surface area contributed by atoms with Crippen LogP contribution in [0, 0.1) is 11.3 Å². The minimum atomic E-state index is -0.0903. The topological polar surface area (TPSA) is 118 Å². The van der Waals surface area contributed by atoms with Gasteiger partial charge in [0.1, 0.15) is 5.82 Å². The van der Waals surface area contributed by atoms with E-state index >= 15 is 0 Å². The number of ether oxygens (including phenoxy) is 2. The standard InChI is InChI=1S/C22H22N6O3/c1-30-18-11-16-17(12-19(18)31-2)25-22(26-20(16)24)28-8-6-27(7-9-28)21(29)15-5-3-4-14(10-15)13-23/h3-5,10-12H,6-9H2,1-2H3,(H2,24,25,26). The Morgan fingerprint density at radius 2 is 1.77 bits per heavy atom. The number of carbonyl (C=O) groups is 1. The highest BCUT2D eigenvalue weighted by molar-refractivity contribution is 5.95. The van der Waals surface area contributed by atoms with Crippen LogP contribution in [-0.4, -0.2) is 61.2 Å². The van der Waals surface area contributed by atoms with Crippen molar-refractivity contribution in [3.05, 3.63) is 47.5 Å². The molecular formula is C22H22N6O3. The molecule has 31 heavy (non-hydrogen) atoms. The highest BCUT2D eigenvalue weighted by Gasteiger charge is 2.24. The van der Waals surface area contributed by atoms with Gasteiger partial charge in [0.15, 0.2) is 11.5 Å². The van der Waals surface area contributed by atoms with Crippen LogP contribution < -0.4 is 20.1 Å². The van der Waals surface area contributed by atoms with Gasteiger partial charge in [0.05, 0.1) is 31.4 Å². The molecule has 1 fully saturated rings. The summed E-state index contributed by atoms with van der Waals surface area (Å²) in [5.41, 5.74) is 7.83. The summed E-state index contributed by atoms with van der Waals surface area (Å²) in [5, 5.41) is 9.74. The molecule has 2 aromatic carbocycles. The Morgan fingerprint density at radius 1 is 1.06 bits per heavy atom. The predicted octanol–water partition coefficient (Wildman–Crippen LogP) is 2.06. The maximum absolute atomic E-state index is 12.8. The molecule has 0 aliphatic carbocycles. The van der Waals surface area contributed by atoms with Crippen molar-refractivity contribution in [2.24, 2.45) is 0 Å². The number of methoxy groups -OCH3 is 2.